The van der Waals surface area contributed by atoms with Gasteiger partial charge < -0.3 is 103 Å². The maximum atomic E-state index is 12.4. The lowest BCUT2D eigenvalue weighted by atomic mass is 10.1. The van der Waals surface area contributed by atoms with Crippen molar-refractivity contribution in [2.75, 3.05) is 69.0 Å². The van der Waals surface area contributed by atoms with E-state index < -0.39 is 11.6 Å². The molecule has 2 amide bonds. The van der Waals surface area contributed by atoms with Crippen molar-refractivity contribution in [3.8, 4) is 92.0 Å². The summed E-state index contributed by atoms with van der Waals surface area (Å²) in [7, 11) is 10.7. The molecule has 0 atom stereocenters. The highest BCUT2D eigenvalue weighted by molar-refractivity contribution is 5.93. The van der Waals surface area contributed by atoms with Gasteiger partial charge in [0.05, 0.1) is 72.7 Å². The number of hydrogen-bond acceptors (Lipinski definition) is 21. The minimum atomic E-state index is -0.457. The summed E-state index contributed by atoms with van der Waals surface area (Å²) in [6, 6.07) is 63.8. The van der Waals surface area contributed by atoms with Crippen LogP contribution in [0, 0.1) is 0 Å². The lowest BCUT2D eigenvalue weighted by Gasteiger charge is -2.24. The summed E-state index contributed by atoms with van der Waals surface area (Å²) in [6.45, 7) is 3.53. The molecule has 9 aromatic carbocycles. The zero-order valence-electron chi connectivity index (χ0n) is 71.3. The molecule has 0 bridgehead atoms. The fraction of sp³-hybridized carbons (Fsp3) is 0.240. The largest absolute Gasteiger partial charge is 0.493 e. The number of likely N-dealkylation sites (N-methyl/N-ethyl adjacent to an activating group) is 1. The summed E-state index contributed by atoms with van der Waals surface area (Å²) >= 11 is 0. The number of pyridine rings is 4. The van der Waals surface area contributed by atoms with Crippen LogP contribution in [0.2, 0.25) is 0 Å². The van der Waals surface area contributed by atoms with E-state index in [9.17, 15) is 9.59 Å². The second-order valence-electron chi connectivity index (χ2n) is 32.7. The molecule has 0 aliphatic heterocycles. The molecule has 127 heavy (non-hydrogen) atoms. The van der Waals surface area contributed by atoms with Crippen molar-refractivity contribution in [1.29, 1.82) is 0 Å². The number of nitrogens with two attached hydrogens (primary N) is 1. The van der Waals surface area contributed by atoms with Crippen LogP contribution >= 0.6 is 0 Å². The number of H-pyrrole nitrogens is 4. The Bertz CT molecular complexity index is 6870. The molecule has 8 N–H and O–H groups in total. The topological polar surface area (TPSA) is 322 Å². The van der Waals surface area contributed by atoms with Gasteiger partial charge in [0, 0.05) is 146 Å². The fourth-order valence-corrected chi connectivity index (χ4v) is 15.1. The molecule has 21 rings (SSSR count). The van der Waals surface area contributed by atoms with E-state index in [1.807, 2.05) is 225 Å². The SMILES string of the molecule is COc1cc2c(Oc3ccc4[nH]ccc4c3)ccnc2cc1OCC1(N(C)C)CC1.COc1cc2c(Oc3ccc4[nH]ccc4c3)ccnc2cc1OCC1(N)CC1.COc1cc2c(Oc3ccc4[nH]ccc4c3)ccnc2cc1OCC1(NC(=O)OCc2ccccc2)CC1.COc1cc2c(Oc3ccc4[nH]ccc4c3)ccnc2cc1OCC1(NC(C)=O)CC1. The van der Waals surface area contributed by atoms with Crippen LogP contribution in [0.3, 0.4) is 0 Å². The number of carbonyl (C=O) groups excluding carboxylic acids is 2. The monoisotopic (exact) mass is 1700 g/mol. The Balaban J connectivity index is 0.000000115. The van der Waals surface area contributed by atoms with Crippen molar-refractivity contribution in [2.24, 2.45) is 5.73 Å². The Morgan fingerprint density at radius 3 is 1.01 bits per heavy atom. The van der Waals surface area contributed by atoms with E-state index in [2.05, 4.69) is 69.5 Å². The minimum absolute atomic E-state index is 0.0483. The van der Waals surface area contributed by atoms with Gasteiger partial charge in [0.25, 0.3) is 0 Å². The summed E-state index contributed by atoms with van der Waals surface area (Å²) in [5.41, 5.74) is 13.6. The summed E-state index contributed by atoms with van der Waals surface area (Å²) in [5.74, 6) is 10.7. The van der Waals surface area contributed by atoms with Gasteiger partial charge in [-0.25, -0.2) is 4.79 Å². The molecule has 4 saturated carbocycles. The number of fused-ring (bicyclic) bond motifs is 8. The summed E-state index contributed by atoms with van der Waals surface area (Å²) in [5, 5.41) is 13.7. The quantitative estimate of drug-likeness (QED) is 0.0229. The van der Waals surface area contributed by atoms with Crippen LogP contribution in [0.4, 0.5) is 4.79 Å². The molecule has 27 heteroatoms. The first-order chi connectivity index (χ1) is 61.9. The zero-order chi connectivity index (χ0) is 87.2. The highest BCUT2D eigenvalue weighted by Crippen LogP contribution is 2.47. The van der Waals surface area contributed by atoms with Crippen molar-refractivity contribution in [3.63, 3.8) is 0 Å². The summed E-state index contributed by atoms with van der Waals surface area (Å²) in [6.07, 6.45) is 21.8. The molecule has 4 aliphatic carbocycles. The third kappa shape index (κ3) is 19.2. The zero-order valence-corrected chi connectivity index (χ0v) is 71.3. The molecule has 8 aromatic heterocycles. The number of hydrogen-bond donors (Lipinski definition) is 7. The number of rotatable bonds is 29. The number of aromatic nitrogens is 8. The number of benzene rings is 9. The first-order valence-electron chi connectivity index (χ1n) is 42.0. The predicted octanol–water partition coefficient (Wildman–Crippen LogP) is 20.3. The second-order valence-corrected chi connectivity index (χ2v) is 32.7. The number of amides is 2. The molecule has 4 fully saturated rings. The molecule has 0 unspecified atom stereocenters. The normalized spacial score (nSPS) is 14.4. The average molecular weight is 1710 g/mol. The molecular formula is C100H96N12O15. The Kier molecular flexibility index (Phi) is 23.3. The van der Waals surface area contributed by atoms with Crippen LogP contribution < -0.4 is 73.2 Å². The number of aromatic amines is 4. The fourth-order valence-electron chi connectivity index (χ4n) is 15.1. The van der Waals surface area contributed by atoms with Gasteiger partial charge in [0.1, 0.15) is 79.0 Å². The van der Waals surface area contributed by atoms with Gasteiger partial charge in [-0.15, -0.1) is 0 Å². The molecule has 27 nitrogen and oxygen atoms in total. The van der Waals surface area contributed by atoms with E-state index >= 15 is 0 Å². The van der Waals surface area contributed by atoms with E-state index in [4.69, 9.17) is 67.3 Å². The van der Waals surface area contributed by atoms with E-state index in [0.29, 0.717) is 95.2 Å². The number of ether oxygens (including phenoxy) is 13. The third-order valence-electron chi connectivity index (χ3n) is 23.4. The molecular weight excluding hydrogens is 1610 g/mol. The van der Waals surface area contributed by atoms with Crippen LogP contribution in [0.5, 0.6) is 92.0 Å². The number of carbonyl (C=O) groups is 2. The lowest BCUT2D eigenvalue weighted by molar-refractivity contribution is -0.120. The standard InChI is InChI=1S/C30H27N3O5.C24H23N3O4.C24H25N3O3.C22H21N3O3/c1-35-27-16-23-25(32-14-10-26(23)38-22-7-8-24-21(15-22)9-13-31-24)17-28(27)37-19-30(11-12-30)33-29(34)36-18-20-5-3-2-4-6-20;1-15(28)27-24(7-8-24)14-30-23-13-20-18(12-22(23)29-2)21(6-10-26-20)31-17-3-4-19-16(11-17)5-9-25-19;1-27(2)24(8-9-24)15-29-23-14-20-18(13-22(23)28-3)21(7-11-26-20)30-17-4-5-19-16(12-17)6-10-25-19;1-26-20-11-16-18(12-21(20)27-13-22(23)6-7-22)25-9-5-19(16)28-15-2-3-17-14(10-15)4-8-24-17/h2-10,13-17,31H,11-12,18-19H2,1H3,(H,33,34);3-6,9-13,25H,7-8,14H2,1-2H3,(H,27,28);4-7,10-14,25H,8-9,15H2,1-3H3;2-5,8-12,24H,6-7,13,23H2,1H3. The first kappa shape index (κ1) is 83.0. The number of nitrogens with one attached hydrogen (secondary N) is 6. The first-order valence-corrected chi connectivity index (χ1v) is 42.0. The van der Waals surface area contributed by atoms with E-state index in [-0.39, 0.29) is 29.1 Å². The van der Waals surface area contributed by atoms with Crippen LogP contribution in [0.25, 0.3) is 87.2 Å². The van der Waals surface area contributed by atoms with Crippen molar-refractivity contribution in [2.45, 2.75) is 87.1 Å². The van der Waals surface area contributed by atoms with E-state index in [1.54, 1.807) is 53.2 Å². The van der Waals surface area contributed by atoms with E-state index in [0.717, 1.165) is 167 Å². The maximum Gasteiger partial charge on any atom is 0.408 e. The minimum Gasteiger partial charge on any atom is -0.493 e. The number of methoxy groups -OCH3 is 4. The predicted molar refractivity (Wildman–Crippen MR) is 488 cm³/mol. The Labute approximate surface area is 731 Å². The maximum absolute atomic E-state index is 12.4. The van der Waals surface area contributed by atoms with Gasteiger partial charge in [0.15, 0.2) is 46.0 Å². The Morgan fingerprint density at radius 1 is 0.370 bits per heavy atom. The van der Waals surface area contributed by atoms with Gasteiger partial charge in [0.2, 0.25) is 5.91 Å². The Hall–Kier alpha value is -15.0. The van der Waals surface area contributed by atoms with Crippen LogP contribution in [0.15, 0.2) is 250 Å². The van der Waals surface area contributed by atoms with Crippen LogP contribution in [-0.4, -0.2) is 148 Å². The van der Waals surface area contributed by atoms with Crippen LogP contribution in [0.1, 0.15) is 63.9 Å². The molecule has 17 aromatic rings. The van der Waals surface area contributed by atoms with Crippen LogP contribution in [-0.2, 0) is 16.1 Å². The second kappa shape index (κ2) is 35.7. The summed E-state index contributed by atoms with van der Waals surface area (Å²) in [4.78, 5) is 56.8. The summed E-state index contributed by atoms with van der Waals surface area (Å²) < 4.78 is 76.8. The van der Waals surface area contributed by atoms with Gasteiger partial charge in [-0.3, -0.25) is 24.7 Å². The smallest absolute Gasteiger partial charge is 0.408 e. The van der Waals surface area contributed by atoms with E-state index in [1.165, 1.54) is 6.92 Å². The molecule has 646 valence electrons. The molecule has 0 spiro atoms. The highest BCUT2D eigenvalue weighted by atomic mass is 16.6. The molecule has 4 aliphatic rings. The van der Waals surface area contributed by atoms with Crippen molar-refractivity contribution in [3.05, 3.63) is 255 Å². The molecule has 8 heterocycles. The number of nitrogens with zero attached hydrogens (tertiary/aromatic N) is 5. The Morgan fingerprint density at radius 2 is 0.701 bits per heavy atom. The van der Waals surface area contributed by atoms with Crippen molar-refractivity contribution >= 4 is 99.2 Å². The third-order valence-corrected chi connectivity index (χ3v) is 23.4. The van der Waals surface area contributed by atoms with Gasteiger partial charge in [-0.1, -0.05) is 30.3 Å². The molecule has 0 radical (unpaired) electrons. The molecule has 0 saturated heterocycles. The highest BCUT2D eigenvalue weighted by Gasteiger charge is 2.48. The van der Waals surface area contributed by atoms with Gasteiger partial charge in [-0.2, -0.15) is 0 Å². The van der Waals surface area contributed by atoms with Gasteiger partial charge >= 0.3 is 6.09 Å². The number of alkyl carbamates (subject to hydrolysis) is 1. The average Bonchev–Trinajstić information content (AvgIpc) is 1.62. The van der Waals surface area contributed by atoms with Crippen molar-refractivity contribution in [1.82, 2.24) is 55.4 Å². The lowest BCUT2D eigenvalue weighted by Crippen LogP contribution is -2.41. The van der Waals surface area contributed by atoms with Gasteiger partial charge in [-0.05, 0) is 217 Å². The van der Waals surface area contributed by atoms with Crippen molar-refractivity contribution < 1.29 is 71.2 Å².